The molecule has 7 nitrogen and oxygen atoms in total. The van der Waals surface area contributed by atoms with Crippen LogP contribution in [0.25, 0.3) is 0 Å². The number of alkyl halides is 6. The predicted molar refractivity (Wildman–Crippen MR) is 131 cm³/mol. The molecule has 2 aliphatic rings. The van der Waals surface area contributed by atoms with Gasteiger partial charge in [0.2, 0.25) is 11.5 Å². The fraction of sp³-hybridized carbons (Fsp3) is 0.407. The smallest absolute Gasteiger partial charge is 0.316 e. The monoisotopic (exact) mass is 562 g/mol. The van der Waals surface area contributed by atoms with E-state index in [-0.39, 0.29) is 34.8 Å². The number of aromatic nitrogens is 3. The average molecular weight is 563 g/mol. The minimum atomic E-state index is -4.76. The standard InChI is InChI=1S/C27H24F6N6O/c1-25(28,26(29,30)24-36-35-15-37(24)2)18-4-3-5-19(10-18)39-14-21-20(23(39)40)8-17(9-22(21)27(31,32)33)13-38-7-6-16(11-34)12-38/h3-5,8-10,15-16H,6-7,12-14H2,1-2H3/t16-,25-/m1/s1. The molecule has 40 heavy (non-hydrogen) atoms. The molecular formula is C27H24F6N6O. The minimum Gasteiger partial charge on any atom is -0.316 e. The molecule has 0 bridgehead atoms. The Morgan fingerprint density at radius 2 is 1.88 bits per heavy atom. The van der Waals surface area contributed by atoms with E-state index in [4.69, 9.17) is 5.26 Å². The summed E-state index contributed by atoms with van der Waals surface area (Å²) in [6.45, 7) is 1.31. The zero-order chi connectivity index (χ0) is 29.0. The van der Waals surface area contributed by atoms with Crippen LogP contribution in [-0.2, 0) is 37.9 Å². The molecule has 0 aliphatic carbocycles. The molecule has 3 heterocycles. The summed E-state index contributed by atoms with van der Waals surface area (Å²) in [4.78, 5) is 16.3. The van der Waals surface area contributed by atoms with Gasteiger partial charge in [0.15, 0.2) is 0 Å². The van der Waals surface area contributed by atoms with Crippen LogP contribution >= 0.6 is 0 Å². The summed E-state index contributed by atoms with van der Waals surface area (Å²) >= 11 is 0. The number of nitriles is 1. The Morgan fingerprint density at radius 3 is 2.50 bits per heavy atom. The predicted octanol–water partition coefficient (Wildman–Crippen LogP) is 5.32. The van der Waals surface area contributed by atoms with Crippen LogP contribution in [0.1, 0.15) is 51.8 Å². The van der Waals surface area contributed by atoms with E-state index in [0.717, 1.165) is 34.0 Å². The van der Waals surface area contributed by atoms with Crippen molar-refractivity contribution in [2.45, 2.75) is 44.2 Å². The van der Waals surface area contributed by atoms with Gasteiger partial charge in [-0.1, -0.05) is 12.1 Å². The largest absolute Gasteiger partial charge is 0.416 e. The molecule has 2 atom stereocenters. The van der Waals surface area contributed by atoms with E-state index in [9.17, 15) is 18.0 Å². The van der Waals surface area contributed by atoms with Gasteiger partial charge in [0.25, 0.3) is 5.91 Å². The maximum Gasteiger partial charge on any atom is 0.416 e. The van der Waals surface area contributed by atoms with Gasteiger partial charge in [-0.25, -0.2) is 4.39 Å². The number of rotatable bonds is 6. The van der Waals surface area contributed by atoms with Crippen LogP contribution < -0.4 is 4.90 Å². The molecule has 1 amide bonds. The van der Waals surface area contributed by atoms with Gasteiger partial charge in [0, 0.05) is 31.4 Å². The molecule has 5 rings (SSSR count). The number of anilines is 1. The van der Waals surface area contributed by atoms with E-state index < -0.39 is 47.2 Å². The van der Waals surface area contributed by atoms with Gasteiger partial charge in [-0.3, -0.25) is 9.69 Å². The first kappa shape index (κ1) is 27.6. The van der Waals surface area contributed by atoms with Crippen molar-refractivity contribution in [1.82, 2.24) is 19.7 Å². The van der Waals surface area contributed by atoms with E-state index >= 15 is 13.2 Å². The lowest BCUT2D eigenvalue weighted by Crippen LogP contribution is -2.39. The Labute approximate surface area is 225 Å². The molecule has 1 saturated heterocycles. The van der Waals surface area contributed by atoms with Crippen molar-refractivity contribution in [2.24, 2.45) is 13.0 Å². The van der Waals surface area contributed by atoms with Crippen LogP contribution in [-0.4, -0.2) is 38.7 Å². The third kappa shape index (κ3) is 4.60. The highest BCUT2D eigenvalue weighted by Gasteiger charge is 2.57. The zero-order valence-corrected chi connectivity index (χ0v) is 21.5. The van der Waals surface area contributed by atoms with Crippen molar-refractivity contribution in [3.63, 3.8) is 0 Å². The summed E-state index contributed by atoms with van der Waals surface area (Å²) in [5, 5.41) is 15.9. The second-order valence-electron chi connectivity index (χ2n) is 10.3. The third-order valence-corrected chi connectivity index (χ3v) is 7.55. The molecule has 1 aromatic heterocycles. The zero-order valence-electron chi connectivity index (χ0n) is 21.5. The highest BCUT2D eigenvalue weighted by molar-refractivity contribution is 6.10. The van der Waals surface area contributed by atoms with Crippen molar-refractivity contribution in [3.8, 4) is 6.07 Å². The minimum absolute atomic E-state index is 0.0255. The molecule has 0 spiro atoms. The van der Waals surface area contributed by atoms with E-state index in [1.54, 1.807) is 0 Å². The number of nitrogens with zero attached hydrogens (tertiary/aromatic N) is 6. The average Bonchev–Trinajstić information content (AvgIpc) is 3.62. The van der Waals surface area contributed by atoms with Crippen LogP contribution in [0.5, 0.6) is 0 Å². The second-order valence-corrected chi connectivity index (χ2v) is 10.3. The number of carbonyl (C=O) groups is 1. The molecule has 13 heteroatoms. The second kappa shape index (κ2) is 9.62. The van der Waals surface area contributed by atoms with E-state index in [2.05, 4.69) is 16.3 Å². The Bertz CT molecular complexity index is 1510. The van der Waals surface area contributed by atoms with Crippen LogP contribution in [0.4, 0.5) is 32.0 Å². The summed E-state index contributed by atoms with van der Waals surface area (Å²) in [6, 6.07) is 9.33. The number of likely N-dealkylation sites (tertiary alicyclic amines) is 1. The van der Waals surface area contributed by atoms with Crippen LogP contribution in [0.15, 0.2) is 42.7 Å². The molecule has 2 aromatic carbocycles. The SMILES string of the molecule is Cn1cnnc1C(F)(F)[C@](C)(F)c1cccc(N2Cc3c(cc(CN4CC[C@H](C#N)C4)cc3C(F)(F)F)C2=O)c1. The van der Waals surface area contributed by atoms with Gasteiger partial charge < -0.3 is 9.47 Å². The normalized spacial score (nSPS) is 19.5. The fourth-order valence-electron chi connectivity index (χ4n) is 5.29. The number of amides is 1. The Morgan fingerprint density at radius 1 is 1.12 bits per heavy atom. The highest BCUT2D eigenvalue weighted by atomic mass is 19.4. The van der Waals surface area contributed by atoms with Crippen LogP contribution in [0.2, 0.25) is 0 Å². The molecule has 0 unspecified atom stereocenters. The van der Waals surface area contributed by atoms with Gasteiger partial charge >= 0.3 is 12.1 Å². The molecule has 0 saturated carbocycles. The maximum absolute atomic E-state index is 15.8. The van der Waals surface area contributed by atoms with Gasteiger partial charge in [0.05, 0.1) is 24.1 Å². The summed E-state index contributed by atoms with van der Waals surface area (Å²) in [7, 11) is 1.24. The number of benzene rings is 2. The lowest BCUT2D eigenvalue weighted by Gasteiger charge is -2.30. The van der Waals surface area contributed by atoms with E-state index in [1.807, 2.05) is 4.90 Å². The van der Waals surface area contributed by atoms with Crippen molar-refractivity contribution >= 4 is 11.6 Å². The van der Waals surface area contributed by atoms with Gasteiger partial charge in [-0.15, -0.1) is 10.2 Å². The molecule has 3 aromatic rings. The van der Waals surface area contributed by atoms with Crippen molar-refractivity contribution in [3.05, 3.63) is 76.4 Å². The first-order chi connectivity index (χ1) is 18.7. The van der Waals surface area contributed by atoms with E-state index in [1.165, 1.54) is 25.2 Å². The Hall–Kier alpha value is -3.92. The lowest BCUT2D eigenvalue weighted by atomic mass is 9.90. The van der Waals surface area contributed by atoms with Crippen LogP contribution in [0, 0.1) is 17.2 Å². The quantitative estimate of drug-likeness (QED) is 0.381. The topological polar surface area (TPSA) is 78.1 Å². The first-order valence-corrected chi connectivity index (χ1v) is 12.4. The number of carbonyl (C=O) groups excluding carboxylic acids is 1. The molecule has 0 radical (unpaired) electrons. The highest BCUT2D eigenvalue weighted by Crippen LogP contribution is 2.48. The maximum atomic E-state index is 15.8. The molecular weight excluding hydrogens is 538 g/mol. The summed E-state index contributed by atoms with van der Waals surface area (Å²) in [5.74, 6) is -5.98. The first-order valence-electron chi connectivity index (χ1n) is 12.4. The van der Waals surface area contributed by atoms with Crippen LogP contribution in [0.3, 0.4) is 0 Å². The Balaban J connectivity index is 1.48. The number of aryl methyl sites for hydroxylation is 1. The molecule has 1 fully saturated rings. The van der Waals surface area contributed by atoms with E-state index in [0.29, 0.717) is 26.4 Å². The fourth-order valence-corrected chi connectivity index (χ4v) is 5.29. The van der Waals surface area contributed by atoms with Crippen molar-refractivity contribution in [2.75, 3.05) is 18.0 Å². The third-order valence-electron chi connectivity index (χ3n) is 7.55. The summed E-state index contributed by atoms with van der Waals surface area (Å²) in [5.41, 5.74) is -4.89. The van der Waals surface area contributed by atoms with Gasteiger partial charge in [0.1, 0.15) is 6.33 Å². The summed E-state index contributed by atoms with van der Waals surface area (Å²) in [6.07, 6.45) is -3.14. The summed E-state index contributed by atoms with van der Waals surface area (Å²) < 4.78 is 89.4. The molecule has 210 valence electrons. The van der Waals surface area contributed by atoms with Gasteiger partial charge in [-0.2, -0.15) is 27.2 Å². The Kier molecular flexibility index (Phi) is 6.65. The lowest BCUT2D eigenvalue weighted by molar-refractivity contribution is -0.149. The van der Waals surface area contributed by atoms with Crippen molar-refractivity contribution < 1.29 is 31.1 Å². The van der Waals surface area contributed by atoms with Gasteiger partial charge in [-0.05, 0) is 60.8 Å². The number of fused-ring (bicyclic) bond motifs is 1. The number of hydrogen-bond donors (Lipinski definition) is 0. The number of hydrogen-bond acceptors (Lipinski definition) is 5. The van der Waals surface area contributed by atoms with Crippen molar-refractivity contribution in [1.29, 1.82) is 5.26 Å². The molecule has 2 aliphatic heterocycles. The molecule has 0 N–H and O–H groups in total. The number of halogens is 6.